The highest BCUT2D eigenvalue weighted by Crippen LogP contribution is 2.35. The minimum atomic E-state index is -0.969. The molecule has 18 nitrogen and oxygen atoms in total. The van der Waals surface area contributed by atoms with Gasteiger partial charge in [0, 0.05) is 43.7 Å². The first kappa shape index (κ1) is 61.6. The van der Waals surface area contributed by atoms with Gasteiger partial charge in [-0.25, -0.2) is 0 Å². The van der Waals surface area contributed by atoms with E-state index >= 15 is 4.79 Å². The maximum Gasteiger partial charge on any atom is 0.251 e. The first-order valence-corrected chi connectivity index (χ1v) is 29.5. The molecule has 0 spiro atoms. The highest BCUT2D eigenvalue weighted by molar-refractivity contribution is 5.97. The third kappa shape index (κ3) is 14.3. The maximum absolute atomic E-state index is 15.0. The number of fused-ring (bicyclic) bond motifs is 3. The molecule has 83 heavy (non-hydrogen) atoms. The summed E-state index contributed by atoms with van der Waals surface area (Å²) in [7, 11) is 3.34. The molecule has 18 heteroatoms. The number of amides is 8. The molecule has 2 aliphatic heterocycles. The van der Waals surface area contributed by atoms with Crippen molar-refractivity contribution in [2.24, 2.45) is 10.8 Å². The summed E-state index contributed by atoms with van der Waals surface area (Å²) in [6, 6.07) is 22.8. The first-order valence-electron chi connectivity index (χ1n) is 29.5. The molecule has 8 amide bonds. The van der Waals surface area contributed by atoms with Crippen LogP contribution in [0.5, 0.6) is 0 Å². The van der Waals surface area contributed by atoms with Crippen molar-refractivity contribution in [2.75, 3.05) is 25.5 Å². The number of hydrogen-bond acceptors (Lipinski definition) is 10. The van der Waals surface area contributed by atoms with Crippen LogP contribution in [0.1, 0.15) is 156 Å². The Balaban J connectivity index is 0.998. The van der Waals surface area contributed by atoms with Gasteiger partial charge in [0.1, 0.15) is 24.2 Å². The lowest BCUT2D eigenvalue weighted by Crippen LogP contribution is -2.62. The molecule has 4 aromatic carbocycles. The number of nitrogens with one attached hydrogen (secondary N) is 7. The summed E-state index contributed by atoms with van der Waals surface area (Å²) in [6.07, 6.45) is 5.54. The number of anilines is 1. The van der Waals surface area contributed by atoms with Crippen LogP contribution in [0.2, 0.25) is 0 Å². The van der Waals surface area contributed by atoms with Crippen LogP contribution in [-0.4, -0.2) is 120 Å². The summed E-state index contributed by atoms with van der Waals surface area (Å²) in [5.41, 5.74) is 6.31. The first-order chi connectivity index (χ1) is 39.4. The zero-order valence-corrected chi connectivity index (χ0v) is 50.2. The lowest BCUT2D eigenvalue weighted by atomic mass is 9.83. The summed E-state index contributed by atoms with van der Waals surface area (Å²) in [6.45, 7) is 16.4. The van der Waals surface area contributed by atoms with Gasteiger partial charge in [0.2, 0.25) is 41.4 Å². The molecule has 2 aliphatic carbocycles. The van der Waals surface area contributed by atoms with E-state index in [0.29, 0.717) is 11.3 Å². The molecule has 1 unspecified atom stereocenters. The van der Waals surface area contributed by atoms with E-state index in [-0.39, 0.29) is 80.0 Å². The Hall–Kier alpha value is -7.44. The Morgan fingerprint density at radius 1 is 0.602 bits per heavy atom. The van der Waals surface area contributed by atoms with Crippen molar-refractivity contribution < 1.29 is 38.4 Å². The number of carbonyl (C=O) groups excluding carboxylic acids is 8. The van der Waals surface area contributed by atoms with E-state index in [1.807, 2.05) is 96.1 Å². The average Bonchev–Trinajstić information content (AvgIpc) is 3.61. The van der Waals surface area contributed by atoms with Gasteiger partial charge in [-0.15, -0.1) is 0 Å². The predicted octanol–water partition coefficient (Wildman–Crippen LogP) is 5.86. The molecule has 1 saturated heterocycles. The van der Waals surface area contributed by atoms with E-state index in [2.05, 4.69) is 49.4 Å². The van der Waals surface area contributed by atoms with Crippen molar-refractivity contribution in [3.63, 3.8) is 0 Å². The third-order valence-electron chi connectivity index (χ3n) is 17.2. The molecule has 0 saturated carbocycles. The fraction of sp³-hybridized carbons (Fsp3) is 0.508. The molecular weight excluding hydrogens is 1050 g/mol. The fourth-order valence-electron chi connectivity index (χ4n) is 12.0. The van der Waals surface area contributed by atoms with Gasteiger partial charge >= 0.3 is 0 Å². The van der Waals surface area contributed by atoms with Gasteiger partial charge in [-0.05, 0) is 147 Å². The highest BCUT2D eigenvalue weighted by atomic mass is 16.2. The summed E-state index contributed by atoms with van der Waals surface area (Å²) in [5.74, 6) is -2.75. The van der Waals surface area contributed by atoms with Crippen LogP contribution in [0.3, 0.4) is 0 Å². The van der Waals surface area contributed by atoms with Gasteiger partial charge in [-0.3, -0.25) is 38.4 Å². The van der Waals surface area contributed by atoms with Crippen molar-refractivity contribution in [2.45, 2.75) is 181 Å². The standard InChI is InChI=1S/C65H86N10O8/c1-38(66-10)57(77)71-55(64(4,5)6)62(82)74-36-46-32-48(31-30-45(46)33-53(74)60(80)69-51-24-16-20-42-18-12-14-22-49(42)51)73(40(3)76)35-41-26-28-44(29-27-41)59(79)68-47-34-54(61(81)70-52-25-17-21-43-19-13-15-23-50(43)52)75(37-47)63(83)56(65(7,8)9)72-58(78)39(2)67-11/h12-15,18-19,22-23,26-32,38-39,47,51-56,66-67H,16-17,20-21,24-25,33-37H2,1-11H3,(H,68,79)(H,69,80)(H,70,81)(H,71,77)(H,72,78)/t38-,39-,47-,51+,52+,53-,54-,55+,56?/m0/s1. The van der Waals surface area contributed by atoms with Crippen LogP contribution in [0, 0.1) is 10.8 Å². The number of aryl methyl sites for hydroxylation is 2. The summed E-state index contributed by atoms with van der Waals surface area (Å²) < 4.78 is 0. The quantitative estimate of drug-likeness (QED) is 0.0667. The van der Waals surface area contributed by atoms with Crippen molar-refractivity contribution in [3.8, 4) is 0 Å². The third-order valence-corrected chi connectivity index (χ3v) is 17.2. The number of likely N-dealkylation sites (N-methyl/N-ethyl adjacent to an activating group) is 2. The normalized spacial score (nSPS) is 20.9. The van der Waals surface area contributed by atoms with Crippen LogP contribution in [0.15, 0.2) is 91.0 Å². The van der Waals surface area contributed by atoms with E-state index < -0.39 is 64.9 Å². The summed E-state index contributed by atoms with van der Waals surface area (Å²) in [5, 5.41) is 21.4. The van der Waals surface area contributed by atoms with Gasteiger partial charge in [0.25, 0.3) is 5.91 Å². The molecule has 0 radical (unpaired) electrons. The number of carbonyl (C=O) groups is 8. The zero-order chi connectivity index (χ0) is 60.1. The second-order valence-electron chi connectivity index (χ2n) is 25.3. The molecule has 0 aromatic heterocycles. The van der Waals surface area contributed by atoms with E-state index in [4.69, 9.17) is 0 Å². The van der Waals surface area contributed by atoms with Crippen LogP contribution >= 0.6 is 0 Å². The number of likely N-dealkylation sites (tertiary alicyclic amines) is 1. The zero-order valence-electron chi connectivity index (χ0n) is 50.2. The van der Waals surface area contributed by atoms with Crippen LogP contribution in [-0.2, 0) is 65.9 Å². The number of nitrogens with zero attached hydrogens (tertiary/aromatic N) is 3. The Labute approximate surface area is 489 Å². The monoisotopic (exact) mass is 1130 g/mol. The predicted molar refractivity (Wildman–Crippen MR) is 320 cm³/mol. The van der Waals surface area contributed by atoms with Crippen molar-refractivity contribution in [1.82, 2.24) is 47.0 Å². The molecule has 8 rings (SSSR count). The van der Waals surface area contributed by atoms with Gasteiger partial charge in [-0.2, -0.15) is 0 Å². The minimum Gasteiger partial charge on any atom is -0.347 e. The smallest absolute Gasteiger partial charge is 0.251 e. The Kier molecular flexibility index (Phi) is 19.3. The fourth-order valence-corrected chi connectivity index (χ4v) is 12.0. The van der Waals surface area contributed by atoms with Gasteiger partial charge in [0.05, 0.1) is 30.7 Å². The van der Waals surface area contributed by atoms with Crippen molar-refractivity contribution >= 4 is 52.9 Å². The average molecular weight is 1140 g/mol. The lowest BCUT2D eigenvalue weighted by molar-refractivity contribution is -0.147. The minimum absolute atomic E-state index is 0.0410. The van der Waals surface area contributed by atoms with E-state index in [1.54, 1.807) is 62.0 Å². The lowest BCUT2D eigenvalue weighted by Gasteiger charge is -2.42. The number of hydrogen-bond donors (Lipinski definition) is 7. The maximum atomic E-state index is 15.0. The van der Waals surface area contributed by atoms with Crippen molar-refractivity contribution in [3.05, 3.63) is 136 Å². The van der Waals surface area contributed by atoms with E-state index in [9.17, 15) is 33.6 Å². The SMILES string of the molecule is CN[C@@H](C)C(=O)NC(C(=O)N1C[C@@H](NC(=O)c2ccc(CN(C(C)=O)c3ccc4c(c3)CN(C(=O)[C@@H](NC(=O)[C@H](C)NC)C(C)(C)C)[C@H](C(=O)N[C@@H]3CCCc5ccccc53)C4)cc2)C[C@H]1C(=O)N[C@@H]1CCCc2ccccc21)C(C)(C)C. The molecule has 1 fully saturated rings. The highest BCUT2D eigenvalue weighted by Gasteiger charge is 2.47. The Bertz CT molecular complexity index is 3080. The largest absolute Gasteiger partial charge is 0.347 e. The van der Waals surface area contributed by atoms with E-state index in [1.165, 1.54) is 23.0 Å². The topological polar surface area (TPSA) is 230 Å². The van der Waals surface area contributed by atoms with E-state index in [0.717, 1.165) is 66.3 Å². The Morgan fingerprint density at radius 3 is 1.61 bits per heavy atom. The second-order valence-corrected chi connectivity index (χ2v) is 25.3. The van der Waals surface area contributed by atoms with Crippen LogP contribution in [0.25, 0.3) is 0 Å². The molecule has 0 bridgehead atoms. The van der Waals surface area contributed by atoms with Crippen molar-refractivity contribution in [1.29, 1.82) is 0 Å². The molecule has 444 valence electrons. The number of benzene rings is 4. The summed E-state index contributed by atoms with van der Waals surface area (Å²) in [4.78, 5) is 118. The van der Waals surface area contributed by atoms with Gasteiger partial charge in [0.15, 0.2) is 0 Å². The Morgan fingerprint density at radius 2 is 1.11 bits per heavy atom. The van der Waals surface area contributed by atoms with Gasteiger partial charge in [-0.1, -0.05) is 108 Å². The molecule has 4 aliphatic rings. The molecular formula is C65H86N10O8. The molecule has 7 N–H and O–H groups in total. The summed E-state index contributed by atoms with van der Waals surface area (Å²) >= 11 is 0. The second kappa shape index (κ2) is 26.0. The molecule has 9 atom stereocenters. The molecule has 4 aromatic rings. The molecule has 2 heterocycles. The number of rotatable bonds is 17. The van der Waals surface area contributed by atoms with Gasteiger partial charge < -0.3 is 51.9 Å². The van der Waals surface area contributed by atoms with Crippen LogP contribution < -0.4 is 42.1 Å². The van der Waals surface area contributed by atoms with Crippen LogP contribution in [0.4, 0.5) is 5.69 Å².